The van der Waals surface area contributed by atoms with Gasteiger partial charge < -0.3 is 21.1 Å². The Morgan fingerprint density at radius 2 is 2.00 bits per heavy atom. The summed E-state index contributed by atoms with van der Waals surface area (Å²) >= 11 is 1.72. The molecule has 3 unspecified atom stereocenters. The summed E-state index contributed by atoms with van der Waals surface area (Å²) in [6.07, 6.45) is 4.03. The third kappa shape index (κ3) is 5.69. The lowest BCUT2D eigenvalue weighted by molar-refractivity contribution is -0.168. The fourth-order valence-electron chi connectivity index (χ4n) is 3.64. The molecule has 1 amide bonds. The summed E-state index contributed by atoms with van der Waals surface area (Å²) in [6, 6.07) is -0.822. The highest BCUT2D eigenvalue weighted by molar-refractivity contribution is 7.99. The van der Waals surface area contributed by atoms with Gasteiger partial charge in [-0.2, -0.15) is 0 Å². The second kappa shape index (κ2) is 10.3. The normalized spacial score (nSPS) is 27.2. The van der Waals surface area contributed by atoms with E-state index in [1.54, 1.807) is 11.8 Å². The van der Waals surface area contributed by atoms with Crippen molar-refractivity contribution >= 4 is 29.6 Å². The SMILES string of the molecule is CC1CCC(C(=O)OC(=O)[C@@H](N)CCCCN)C(C(=O)N2CCSC2)C1. The Kier molecular flexibility index (Phi) is 8.37. The summed E-state index contributed by atoms with van der Waals surface area (Å²) in [5.41, 5.74) is 11.2. The molecule has 0 aromatic rings. The largest absolute Gasteiger partial charge is 0.392 e. The Balaban J connectivity index is 1.95. The third-order valence-electron chi connectivity index (χ3n) is 5.27. The van der Waals surface area contributed by atoms with E-state index in [4.69, 9.17) is 16.2 Å². The van der Waals surface area contributed by atoms with E-state index in [1.165, 1.54) is 0 Å². The highest BCUT2D eigenvalue weighted by atomic mass is 32.2. The van der Waals surface area contributed by atoms with Crippen LogP contribution in [0.5, 0.6) is 0 Å². The Morgan fingerprint density at radius 3 is 2.65 bits per heavy atom. The number of ether oxygens (including phenoxy) is 1. The van der Waals surface area contributed by atoms with Crippen molar-refractivity contribution in [2.45, 2.75) is 51.5 Å². The summed E-state index contributed by atoms with van der Waals surface area (Å²) in [7, 11) is 0. The van der Waals surface area contributed by atoms with Gasteiger partial charge >= 0.3 is 11.9 Å². The van der Waals surface area contributed by atoms with Gasteiger partial charge in [0.15, 0.2) is 0 Å². The van der Waals surface area contributed by atoms with Gasteiger partial charge in [-0.3, -0.25) is 9.59 Å². The quantitative estimate of drug-likeness (QED) is 0.383. The molecule has 148 valence electrons. The van der Waals surface area contributed by atoms with Crippen molar-refractivity contribution in [1.29, 1.82) is 0 Å². The van der Waals surface area contributed by atoms with Crippen LogP contribution in [0.3, 0.4) is 0 Å². The Labute approximate surface area is 159 Å². The van der Waals surface area contributed by atoms with Crippen LogP contribution < -0.4 is 11.5 Å². The van der Waals surface area contributed by atoms with Crippen LogP contribution in [-0.2, 0) is 19.1 Å². The molecule has 0 bridgehead atoms. The minimum absolute atomic E-state index is 0.0168. The first-order valence-electron chi connectivity index (χ1n) is 9.51. The average Bonchev–Trinajstić information content (AvgIpc) is 3.15. The molecule has 0 aromatic carbocycles. The van der Waals surface area contributed by atoms with E-state index in [1.807, 2.05) is 4.90 Å². The standard InChI is InChI=1S/C18H31N3O4S/c1-12-5-6-13(14(10-12)16(22)21-8-9-26-11-21)17(23)25-18(24)15(20)4-2-3-7-19/h12-15H,2-11,19-20H2,1H3/t12?,13?,14?,15-/m0/s1. The molecule has 26 heavy (non-hydrogen) atoms. The topological polar surface area (TPSA) is 116 Å². The lowest BCUT2D eigenvalue weighted by atomic mass is 9.74. The Bertz CT molecular complexity index is 511. The average molecular weight is 386 g/mol. The number of esters is 2. The lowest BCUT2D eigenvalue weighted by Gasteiger charge is -2.34. The van der Waals surface area contributed by atoms with Gasteiger partial charge in [-0.1, -0.05) is 13.3 Å². The molecule has 2 rings (SSSR count). The maximum Gasteiger partial charge on any atom is 0.330 e. The number of nitrogens with zero attached hydrogens (tertiary/aromatic N) is 1. The number of rotatable bonds is 7. The van der Waals surface area contributed by atoms with E-state index in [0.29, 0.717) is 37.6 Å². The zero-order chi connectivity index (χ0) is 19.1. The molecule has 8 heteroatoms. The van der Waals surface area contributed by atoms with Crippen LogP contribution in [0.4, 0.5) is 0 Å². The van der Waals surface area contributed by atoms with Crippen LogP contribution in [0, 0.1) is 17.8 Å². The molecule has 0 aromatic heterocycles. The van der Waals surface area contributed by atoms with Crippen molar-refractivity contribution in [2.24, 2.45) is 29.2 Å². The fourth-order valence-corrected chi connectivity index (χ4v) is 4.59. The van der Waals surface area contributed by atoms with Crippen molar-refractivity contribution in [3.05, 3.63) is 0 Å². The lowest BCUT2D eigenvalue weighted by Crippen LogP contribution is -2.44. The van der Waals surface area contributed by atoms with Gasteiger partial charge in [0.05, 0.1) is 17.7 Å². The van der Waals surface area contributed by atoms with Crippen molar-refractivity contribution in [3.63, 3.8) is 0 Å². The number of carbonyl (C=O) groups is 3. The maximum atomic E-state index is 12.8. The van der Waals surface area contributed by atoms with E-state index >= 15 is 0 Å². The molecule has 1 saturated carbocycles. The molecule has 4 atom stereocenters. The van der Waals surface area contributed by atoms with Gasteiger partial charge in [-0.25, -0.2) is 4.79 Å². The van der Waals surface area contributed by atoms with Gasteiger partial charge in [-0.05, 0) is 44.6 Å². The molecule has 0 radical (unpaired) electrons. The number of carbonyl (C=O) groups excluding carboxylic acids is 3. The van der Waals surface area contributed by atoms with Crippen molar-refractivity contribution in [3.8, 4) is 0 Å². The Hall–Kier alpha value is -1.12. The van der Waals surface area contributed by atoms with E-state index in [2.05, 4.69) is 6.92 Å². The van der Waals surface area contributed by atoms with E-state index < -0.39 is 29.8 Å². The summed E-state index contributed by atoms with van der Waals surface area (Å²) in [4.78, 5) is 39.3. The van der Waals surface area contributed by atoms with Crippen LogP contribution in [0.15, 0.2) is 0 Å². The fraction of sp³-hybridized carbons (Fsp3) is 0.833. The molecule has 1 heterocycles. The number of hydrogen-bond acceptors (Lipinski definition) is 7. The molecule has 0 spiro atoms. The van der Waals surface area contributed by atoms with Crippen molar-refractivity contribution < 1.29 is 19.1 Å². The third-order valence-corrected chi connectivity index (χ3v) is 6.24. The van der Waals surface area contributed by atoms with Crippen LogP contribution in [0.2, 0.25) is 0 Å². The maximum absolute atomic E-state index is 12.8. The van der Waals surface area contributed by atoms with Gasteiger partial charge in [0.2, 0.25) is 5.91 Å². The first-order chi connectivity index (χ1) is 12.4. The summed E-state index contributed by atoms with van der Waals surface area (Å²) < 4.78 is 5.05. The van der Waals surface area contributed by atoms with Crippen LogP contribution in [-0.4, -0.2) is 53.5 Å². The van der Waals surface area contributed by atoms with Crippen LogP contribution in [0.25, 0.3) is 0 Å². The summed E-state index contributed by atoms with van der Waals surface area (Å²) in [5, 5.41) is 0. The van der Waals surface area contributed by atoms with E-state index in [-0.39, 0.29) is 5.91 Å². The van der Waals surface area contributed by atoms with E-state index in [0.717, 1.165) is 31.6 Å². The predicted octanol–water partition coefficient (Wildman–Crippen LogP) is 1.10. The van der Waals surface area contributed by atoms with Crippen LogP contribution >= 0.6 is 11.8 Å². The second-order valence-electron chi connectivity index (χ2n) is 7.40. The van der Waals surface area contributed by atoms with Gasteiger partial charge in [0.25, 0.3) is 0 Å². The highest BCUT2D eigenvalue weighted by Gasteiger charge is 2.42. The molecule has 4 N–H and O–H groups in total. The number of hydrogen-bond donors (Lipinski definition) is 2. The Morgan fingerprint density at radius 1 is 1.23 bits per heavy atom. The summed E-state index contributed by atoms with van der Waals surface area (Å²) in [5.74, 6) is -0.235. The second-order valence-corrected chi connectivity index (χ2v) is 8.48. The minimum atomic E-state index is -0.822. The number of nitrogens with two attached hydrogens (primary N) is 2. The van der Waals surface area contributed by atoms with Gasteiger partial charge in [0.1, 0.15) is 6.04 Å². The van der Waals surface area contributed by atoms with Crippen LogP contribution in [0.1, 0.15) is 45.4 Å². The first kappa shape index (κ1) is 21.2. The van der Waals surface area contributed by atoms with E-state index in [9.17, 15) is 14.4 Å². The smallest absolute Gasteiger partial charge is 0.330 e. The number of thioether (sulfide) groups is 1. The van der Waals surface area contributed by atoms with Gasteiger partial charge in [-0.15, -0.1) is 11.8 Å². The zero-order valence-electron chi connectivity index (χ0n) is 15.5. The van der Waals surface area contributed by atoms with Gasteiger partial charge in [0, 0.05) is 12.3 Å². The van der Waals surface area contributed by atoms with Crippen molar-refractivity contribution in [1.82, 2.24) is 4.90 Å². The predicted molar refractivity (Wildman–Crippen MR) is 101 cm³/mol. The molecule has 2 aliphatic rings. The minimum Gasteiger partial charge on any atom is -0.392 e. The summed E-state index contributed by atoms with van der Waals surface area (Å²) in [6.45, 7) is 3.36. The monoisotopic (exact) mass is 385 g/mol. The molecular weight excluding hydrogens is 354 g/mol. The molecule has 7 nitrogen and oxygen atoms in total. The number of unbranched alkanes of at least 4 members (excludes halogenated alkanes) is 1. The molecular formula is C18H31N3O4S. The number of amides is 1. The highest BCUT2D eigenvalue weighted by Crippen LogP contribution is 2.36. The molecule has 1 aliphatic carbocycles. The molecule has 1 saturated heterocycles. The zero-order valence-corrected chi connectivity index (χ0v) is 16.3. The first-order valence-corrected chi connectivity index (χ1v) is 10.7. The molecule has 1 aliphatic heterocycles. The van der Waals surface area contributed by atoms with Crippen molar-refractivity contribution in [2.75, 3.05) is 24.7 Å². The molecule has 2 fully saturated rings.